The van der Waals surface area contributed by atoms with Crippen molar-refractivity contribution < 1.29 is 5.11 Å². The fraction of sp³-hybridized carbons (Fsp3) is 0.368. The molecule has 1 aliphatic rings. The minimum absolute atomic E-state index is 0.0412. The summed E-state index contributed by atoms with van der Waals surface area (Å²) in [5.41, 5.74) is 0.892. The van der Waals surface area contributed by atoms with Crippen LogP contribution < -0.4 is 4.90 Å². The minimum atomic E-state index is 0.0412. The van der Waals surface area contributed by atoms with Gasteiger partial charge in [0, 0.05) is 43.2 Å². The summed E-state index contributed by atoms with van der Waals surface area (Å²) in [5, 5.41) is 14.0. The van der Waals surface area contributed by atoms with Crippen molar-refractivity contribution in [1.82, 2.24) is 24.7 Å². The Hall–Kier alpha value is -2.80. The van der Waals surface area contributed by atoms with E-state index in [1.54, 1.807) is 12.4 Å². The lowest BCUT2D eigenvalue weighted by molar-refractivity contribution is 0.264. The lowest BCUT2D eigenvalue weighted by Crippen LogP contribution is -2.36. The molecule has 0 bridgehead atoms. The molecular formula is C19H22N6O. The predicted octanol–water partition coefficient (Wildman–Crippen LogP) is 2.11. The van der Waals surface area contributed by atoms with Crippen molar-refractivity contribution in [2.75, 3.05) is 24.6 Å². The molecule has 3 aromatic rings. The van der Waals surface area contributed by atoms with E-state index in [1.807, 2.05) is 41.2 Å². The van der Waals surface area contributed by atoms with Crippen molar-refractivity contribution in [2.24, 2.45) is 0 Å². The average Bonchev–Trinajstić information content (AvgIpc) is 3.14. The third kappa shape index (κ3) is 3.43. The highest BCUT2D eigenvalue weighted by Crippen LogP contribution is 2.29. The zero-order chi connectivity index (χ0) is 17.8. The van der Waals surface area contributed by atoms with Crippen LogP contribution in [-0.4, -0.2) is 49.5 Å². The molecule has 1 saturated heterocycles. The molecule has 1 aliphatic heterocycles. The second-order valence-corrected chi connectivity index (χ2v) is 6.46. The van der Waals surface area contributed by atoms with E-state index < -0.39 is 0 Å². The van der Waals surface area contributed by atoms with E-state index in [-0.39, 0.29) is 12.5 Å². The Morgan fingerprint density at radius 3 is 2.88 bits per heavy atom. The maximum atomic E-state index is 9.43. The van der Waals surface area contributed by atoms with E-state index in [0.717, 1.165) is 43.1 Å². The highest BCUT2D eigenvalue weighted by Gasteiger charge is 2.27. The van der Waals surface area contributed by atoms with Crippen LogP contribution in [0.25, 0.3) is 11.4 Å². The Bertz CT molecular complexity index is 836. The fourth-order valence-electron chi connectivity index (χ4n) is 3.47. The van der Waals surface area contributed by atoms with Crippen molar-refractivity contribution in [3.8, 4) is 11.4 Å². The van der Waals surface area contributed by atoms with Crippen LogP contribution in [0.1, 0.15) is 24.6 Å². The Kier molecular flexibility index (Phi) is 4.88. The van der Waals surface area contributed by atoms with Crippen molar-refractivity contribution in [3.63, 3.8) is 0 Å². The summed E-state index contributed by atoms with van der Waals surface area (Å²) in [7, 11) is 0. The van der Waals surface area contributed by atoms with Crippen LogP contribution >= 0.6 is 0 Å². The van der Waals surface area contributed by atoms with E-state index in [1.165, 1.54) is 0 Å². The van der Waals surface area contributed by atoms with Crippen molar-refractivity contribution >= 4 is 5.82 Å². The van der Waals surface area contributed by atoms with Gasteiger partial charge < -0.3 is 10.0 Å². The van der Waals surface area contributed by atoms with E-state index in [9.17, 15) is 5.11 Å². The van der Waals surface area contributed by atoms with Crippen LogP contribution in [0.2, 0.25) is 0 Å². The number of rotatable bonds is 5. The maximum absolute atomic E-state index is 9.43. The third-order valence-electron chi connectivity index (χ3n) is 4.69. The first-order chi connectivity index (χ1) is 12.8. The Morgan fingerprint density at radius 2 is 2.12 bits per heavy atom. The SMILES string of the molecule is OCCn1nc(-c2cccnc2)nc1C1CCCN(c2ccccn2)C1. The first-order valence-corrected chi connectivity index (χ1v) is 8.97. The summed E-state index contributed by atoms with van der Waals surface area (Å²) in [6.45, 7) is 2.34. The molecule has 0 spiro atoms. The monoisotopic (exact) mass is 350 g/mol. The molecule has 0 amide bonds. The van der Waals surface area contributed by atoms with Crippen LogP contribution in [0.3, 0.4) is 0 Å². The molecule has 1 fully saturated rings. The molecule has 0 aromatic carbocycles. The number of aliphatic hydroxyl groups excluding tert-OH is 1. The van der Waals surface area contributed by atoms with Gasteiger partial charge in [-0.3, -0.25) is 4.98 Å². The second kappa shape index (κ2) is 7.61. The van der Waals surface area contributed by atoms with E-state index in [2.05, 4.69) is 20.0 Å². The molecule has 0 radical (unpaired) electrons. The van der Waals surface area contributed by atoms with Crippen LogP contribution in [-0.2, 0) is 6.54 Å². The zero-order valence-electron chi connectivity index (χ0n) is 14.6. The van der Waals surface area contributed by atoms with Crippen LogP contribution in [0.5, 0.6) is 0 Å². The normalized spacial score (nSPS) is 17.4. The van der Waals surface area contributed by atoms with Crippen LogP contribution in [0.4, 0.5) is 5.82 Å². The molecule has 1 N–H and O–H groups in total. The predicted molar refractivity (Wildman–Crippen MR) is 98.8 cm³/mol. The zero-order valence-corrected chi connectivity index (χ0v) is 14.6. The molecular weight excluding hydrogens is 328 g/mol. The van der Waals surface area contributed by atoms with Crippen molar-refractivity contribution in [3.05, 3.63) is 54.7 Å². The molecule has 4 heterocycles. The standard InChI is InChI=1S/C19H22N6O/c26-12-11-25-19(22-18(23-25)15-5-3-8-20-13-15)16-6-4-10-24(14-16)17-7-1-2-9-21-17/h1-3,5,7-9,13,16,26H,4,6,10-12,14H2. The second-order valence-electron chi connectivity index (χ2n) is 6.46. The summed E-state index contributed by atoms with van der Waals surface area (Å²) in [6, 6.07) is 9.83. The Balaban J connectivity index is 1.62. The molecule has 7 nitrogen and oxygen atoms in total. The topological polar surface area (TPSA) is 80.0 Å². The van der Waals surface area contributed by atoms with E-state index in [0.29, 0.717) is 12.4 Å². The molecule has 134 valence electrons. The van der Waals surface area contributed by atoms with Gasteiger partial charge in [0.05, 0.1) is 13.2 Å². The number of piperidine rings is 1. The van der Waals surface area contributed by atoms with Gasteiger partial charge in [-0.2, -0.15) is 5.10 Å². The lowest BCUT2D eigenvalue weighted by atomic mass is 9.97. The van der Waals surface area contributed by atoms with E-state index in [4.69, 9.17) is 4.98 Å². The Morgan fingerprint density at radius 1 is 1.15 bits per heavy atom. The lowest BCUT2D eigenvalue weighted by Gasteiger charge is -2.33. The molecule has 1 atom stereocenters. The van der Waals surface area contributed by atoms with Gasteiger partial charge in [-0.05, 0) is 37.1 Å². The first kappa shape index (κ1) is 16.7. The average molecular weight is 350 g/mol. The van der Waals surface area contributed by atoms with Gasteiger partial charge in [0.2, 0.25) is 0 Å². The quantitative estimate of drug-likeness (QED) is 0.759. The van der Waals surface area contributed by atoms with Gasteiger partial charge >= 0.3 is 0 Å². The number of aromatic nitrogens is 5. The van der Waals surface area contributed by atoms with Gasteiger partial charge in [0.25, 0.3) is 0 Å². The van der Waals surface area contributed by atoms with Crippen molar-refractivity contribution in [2.45, 2.75) is 25.3 Å². The van der Waals surface area contributed by atoms with Gasteiger partial charge in [0.1, 0.15) is 11.6 Å². The first-order valence-electron chi connectivity index (χ1n) is 8.97. The molecule has 0 aliphatic carbocycles. The number of nitrogens with zero attached hydrogens (tertiary/aromatic N) is 6. The van der Waals surface area contributed by atoms with Crippen LogP contribution in [0, 0.1) is 0 Å². The summed E-state index contributed by atoms with van der Waals surface area (Å²) >= 11 is 0. The molecule has 7 heteroatoms. The summed E-state index contributed by atoms with van der Waals surface area (Å²) in [4.78, 5) is 15.7. The summed E-state index contributed by atoms with van der Waals surface area (Å²) < 4.78 is 1.84. The molecule has 4 rings (SSSR count). The highest BCUT2D eigenvalue weighted by molar-refractivity contribution is 5.52. The fourth-order valence-corrected chi connectivity index (χ4v) is 3.47. The van der Waals surface area contributed by atoms with Crippen LogP contribution in [0.15, 0.2) is 48.9 Å². The number of aliphatic hydroxyl groups is 1. The minimum Gasteiger partial charge on any atom is -0.394 e. The molecule has 0 saturated carbocycles. The Labute approximate surface area is 152 Å². The number of hydrogen-bond acceptors (Lipinski definition) is 6. The number of anilines is 1. The molecule has 1 unspecified atom stereocenters. The van der Waals surface area contributed by atoms with E-state index >= 15 is 0 Å². The molecule has 26 heavy (non-hydrogen) atoms. The highest BCUT2D eigenvalue weighted by atomic mass is 16.3. The number of hydrogen-bond donors (Lipinski definition) is 1. The maximum Gasteiger partial charge on any atom is 0.182 e. The summed E-state index contributed by atoms with van der Waals surface area (Å²) in [6.07, 6.45) is 7.47. The number of pyridine rings is 2. The van der Waals surface area contributed by atoms with Gasteiger partial charge in [-0.1, -0.05) is 6.07 Å². The van der Waals surface area contributed by atoms with Gasteiger partial charge in [-0.25, -0.2) is 14.6 Å². The van der Waals surface area contributed by atoms with Gasteiger partial charge in [-0.15, -0.1) is 0 Å². The summed E-state index contributed by atoms with van der Waals surface area (Å²) in [5.74, 6) is 2.85. The third-order valence-corrected chi connectivity index (χ3v) is 4.69. The smallest absolute Gasteiger partial charge is 0.182 e. The van der Waals surface area contributed by atoms with Gasteiger partial charge in [0.15, 0.2) is 5.82 Å². The van der Waals surface area contributed by atoms with Crippen molar-refractivity contribution in [1.29, 1.82) is 0 Å². The molecule has 3 aromatic heterocycles. The largest absolute Gasteiger partial charge is 0.394 e.